The Kier molecular flexibility index (Phi) is 2.93. The van der Waals surface area contributed by atoms with Crippen molar-refractivity contribution in [1.29, 1.82) is 0 Å². The molecule has 17 heavy (non-hydrogen) atoms. The molecule has 0 amide bonds. The average molecular weight is 246 g/mol. The van der Waals surface area contributed by atoms with Crippen molar-refractivity contribution >= 4 is 5.78 Å². The van der Waals surface area contributed by atoms with Crippen LogP contribution in [-0.4, -0.2) is 5.78 Å². The highest BCUT2D eigenvalue weighted by molar-refractivity contribution is 5.99. The smallest absolute Gasteiger partial charge is 0.294 e. The van der Waals surface area contributed by atoms with Gasteiger partial charge in [0.15, 0.2) is 5.78 Å². The number of rotatable bonds is 2. The monoisotopic (exact) mass is 246 g/mol. The molecule has 0 atom stereocenters. The number of carbonyl (C=O) groups is 1. The third-order valence-corrected chi connectivity index (χ3v) is 3.04. The number of alkyl halides is 3. The van der Waals surface area contributed by atoms with Gasteiger partial charge in [-0.25, -0.2) is 4.39 Å². The molecule has 5 heteroatoms. The van der Waals surface area contributed by atoms with Crippen LogP contribution in [0.5, 0.6) is 0 Å². The fourth-order valence-corrected chi connectivity index (χ4v) is 1.91. The molecule has 1 saturated carbocycles. The van der Waals surface area contributed by atoms with E-state index in [1.54, 1.807) is 0 Å². The molecule has 0 radical (unpaired) electrons. The van der Waals surface area contributed by atoms with E-state index < -0.39 is 28.9 Å². The van der Waals surface area contributed by atoms with Crippen LogP contribution in [0, 0.1) is 11.7 Å². The summed E-state index contributed by atoms with van der Waals surface area (Å²) in [6, 6.07) is 2.91. The molecule has 0 heterocycles. The number of benzene rings is 1. The second-order valence-corrected chi connectivity index (χ2v) is 4.15. The zero-order chi connectivity index (χ0) is 12.6. The van der Waals surface area contributed by atoms with Gasteiger partial charge in [0.1, 0.15) is 11.4 Å². The van der Waals surface area contributed by atoms with Crippen molar-refractivity contribution in [1.82, 2.24) is 0 Å². The number of ketones is 1. The van der Waals surface area contributed by atoms with Gasteiger partial charge in [0.2, 0.25) is 0 Å². The highest BCUT2D eigenvalue weighted by atomic mass is 19.4. The second-order valence-electron chi connectivity index (χ2n) is 4.15. The van der Waals surface area contributed by atoms with Crippen LogP contribution in [0.15, 0.2) is 18.2 Å². The van der Waals surface area contributed by atoms with Gasteiger partial charge < -0.3 is 0 Å². The predicted molar refractivity (Wildman–Crippen MR) is 53.1 cm³/mol. The topological polar surface area (TPSA) is 17.1 Å². The minimum Gasteiger partial charge on any atom is -0.294 e. The Balaban J connectivity index is 2.46. The summed E-state index contributed by atoms with van der Waals surface area (Å²) in [5.74, 6) is -2.36. The molecule has 92 valence electrons. The van der Waals surface area contributed by atoms with E-state index in [-0.39, 0.29) is 5.92 Å². The quantitative estimate of drug-likeness (QED) is 0.572. The molecule has 0 saturated heterocycles. The summed E-state index contributed by atoms with van der Waals surface area (Å²) >= 11 is 0. The van der Waals surface area contributed by atoms with Crippen LogP contribution in [0.25, 0.3) is 0 Å². The van der Waals surface area contributed by atoms with Crippen molar-refractivity contribution in [3.8, 4) is 0 Å². The Morgan fingerprint density at radius 2 is 1.88 bits per heavy atom. The summed E-state index contributed by atoms with van der Waals surface area (Å²) < 4.78 is 51.2. The van der Waals surface area contributed by atoms with E-state index in [0.29, 0.717) is 12.8 Å². The first-order valence-electron chi connectivity index (χ1n) is 5.31. The maximum Gasteiger partial charge on any atom is 0.419 e. The molecule has 0 aromatic heterocycles. The van der Waals surface area contributed by atoms with Crippen LogP contribution in [-0.2, 0) is 6.18 Å². The summed E-state index contributed by atoms with van der Waals surface area (Å²) in [6.07, 6.45) is -2.81. The van der Waals surface area contributed by atoms with Gasteiger partial charge >= 0.3 is 6.18 Å². The van der Waals surface area contributed by atoms with Crippen molar-refractivity contribution in [3.05, 3.63) is 35.1 Å². The van der Waals surface area contributed by atoms with E-state index in [2.05, 4.69) is 0 Å². The van der Waals surface area contributed by atoms with Crippen molar-refractivity contribution in [2.24, 2.45) is 5.92 Å². The Hall–Kier alpha value is -1.39. The predicted octanol–water partition coefficient (Wildman–Crippen LogP) is 3.83. The van der Waals surface area contributed by atoms with E-state index in [4.69, 9.17) is 0 Å². The molecule has 0 bridgehead atoms. The van der Waals surface area contributed by atoms with E-state index in [1.807, 2.05) is 0 Å². The van der Waals surface area contributed by atoms with Gasteiger partial charge in [-0.05, 0) is 18.9 Å². The fourth-order valence-electron chi connectivity index (χ4n) is 1.91. The molecule has 1 fully saturated rings. The first kappa shape index (κ1) is 12.1. The van der Waals surface area contributed by atoms with Crippen LogP contribution < -0.4 is 0 Å². The minimum absolute atomic E-state index is 0.377. The summed E-state index contributed by atoms with van der Waals surface area (Å²) in [4.78, 5) is 11.8. The lowest BCUT2D eigenvalue weighted by atomic mass is 9.79. The van der Waals surface area contributed by atoms with Crippen molar-refractivity contribution < 1.29 is 22.4 Å². The van der Waals surface area contributed by atoms with Crippen molar-refractivity contribution in [2.45, 2.75) is 25.4 Å². The molecule has 0 unspecified atom stereocenters. The first-order valence-corrected chi connectivity index (χ1v) is 5.31. The first-order chi connectivity index (χ1) is 7.91. The molecule has 0 aliphatic heterocycles. The minimum atomic E-state index is -4.83. The Morgan fingerprint density at radius 1 is 1.24 bits per heavy atom. The van der Waals surface area contributed by atoms with Gasteiger partial charge in [0, 0.05) is 11.5 Å². The lowest BCUT2D eigenvalue weighted by Gasteiger charge is -2.25. The lowest BCUT2D eigenvalue weighted by molar-refractivity contribution is -0.140. The summed E-state index contributed by atoms with van der Waals surface area (Å²) in [5.41, 5.74) is -1.97. The normalized spacial score (nSPS) is 16.7. The molecule has 1 aromatic rings. The standard InChI is InChI=1S/C12H10F4O/c13-9-6-2-5-8(10(9)12(14,15)16)11(17)7-3-1-4-7/h2,5-7H,1,3-4H2. The van der Waals surface area contributed by atoms with Crippen LogP contribution in [0.1, 0.15) is 35.2 Å². The van der Waals surface area contributed by atoms with Crippen LogP contribution in [0.3, 0.4) is 0 Å². The van der Waals surface area contributed by atoms with E-state index in [9.17, 15) is 22.4 Å². The fraction of sp³-hybridized carbons (Fsp3) is 0.417. The molecular formula is C12H10F4O. The molecule has 1 aliphatic carbocycles. The Bertz CT molecular complexity index is 446. The second kappa shape index (κ2) is 4.13. The molecule has 1 nitrogen and oxygen atoms in total. The number of halogens is 4. The SMILES string of the molecule is O=C(c1cccc(F)c1C(F)(F)F)C1CCC1. The zero-order valence-electron chi connectivity index (χ0n) is 8.85. The van der Waals surface area contributed by atoms with Gasteiger partial charge in [-0.15, -0.1) is 0 Å². The number of hydrogen-bond donors (Lipinski definition) is 0. The van der Waals surface area contributed by atoms with E-state index in [0.717, 1.165) is 24.6 Å². The van der Waals surface area contributed by atoms with E-state index in [1.165, 1.54) is 0 Å². The average Bonchev–Trinajstić information content (AvgIpc) is 2.12. The van der Waals surface area contributed by atoms with Gasteiger partial charge in [0.25, 0.3) is 0 Å². The largest absolute Gasteiger partial charge is 0.419 e. The van der Waals surface area contributed by atoms with E-state index >= 15 is 0 Å². The summed E-state index contributed by atoms with van der Waals surface area (Å²) in [5, 5.41) is 0. The van der Waals surface area contributed by atoms with Crippen LogP contribution in [0.4, 0.5) is 17.6 Å². The van der Waals surface area contributed by atoms with Crippen LogP contribution in [0.2, 0.25) is 0 Å². The number of Topliss-reactive ketones (excluding diaryl/α,β-unsaturated/α-hetero) is 1. The molecular weight excluding hydrogens is 236 g/mol. The zero-order valence-corrected chi connectivity index (χ0v) is 8.85. The van der Waals surface area contributed by atoms with Gasteiger partial charge in [-0.2, -0.15) is 13.2 Å². The molecule has 0 spiro atoms. The number of hydrogen-bond acceptors (Lipinski definition) is 1. The molecule has 1 aliphatic rings. The molecule has 0 N–H and O–H groups in total. The molecule has 1 aromatic carbocycles. The maximum absolute atomic E-state index is 13.2. The van der Waals surface area contributed by atoms with Gasteiger partial charge in [0.05, 0.1) is 0 Å². The Labute approximate surface area is 95.4 Å². The van der Waals surface area contributed by atoms with Gasteiger partial charge in [-0.3, -0.25) is 4.79 Å². The highest BCUT2D eigenvalue weighted by Gasteiger charge is 2.40. The van der Waals surface area contributed by atoms with Crippen molar-refractivity contribution in [2.75, 3.05) is 0 Å². The highest BCUT2D eigenvalue weighted by Crippen LogP contribution is 2.37. The number of carbonyl (C=O) groups excluding carboxylic acids is 1. The third-order valence-electron chi connectivity index (χ3n) is 3.04. The van der Waals surface area contributed by atoms with Crippen molar-refractivity contribution in [3.63, 3.8) is 0 Å². The van der Waals surface area contributed by atoms with Crippen LogP contribution >= 0.6 is 0 Å². The molecule has 2 rings (SSSR count). The Morgan fingerprint density at radius 3 is 2.35 bits per heavy atom. The van der Waals surface area contributed by atoms with Gasteiger partial charge in [-0.1, -0.05) is 18.6 Å². The summed E-state index contributed by atoms with van der Waals surface area (Å²) in [6.45, 7) is 0. The third kappa shape index (κ3) is 2.18. The summed E-state index contributed by atoms with van der Waals surface area (Å²) in [7, 11) is 0. The lowest BCUT2D eigenvalue weighted by Crippen LogP contribution is -2.25. The maximum atomic E-state index is 13.2.